The molecule has 0 spiro atoms. The van der Waals surface area contributed by atoms with E-state index in [2.05, 4.69) is 23.0 Å². The molecule has 2 aromatic heterocycles. The Balaban J connectivity index is 2.34. The quantitative estimate of drug-likeness (QED) is 0.516. The van der Waals surface area contributed by atoms with E-state index in [-0.39, 0.29) is 0 Å². The summed E-state index contributed by atoms with van der Waals surface area (Å²) in [5.74, 6) is 1.21. The summed E-state index contributed by atoms with van der Waals surface area (Å²) in [5.41, 5.74) is 5.68. The number of anilines is 1. The van der Waals surface area contributed by atoms with Crippen molar-refractivity contribution >= 4 is 39.3 Å². The first kappa shape index (κ1) is 11.6. The smallest absolute Gasteiger partial charge is 0.222 e. The summed E-state index contributed by atoms with van der Waals surface area (Å²) >= 11 is 3.30. The molecule has 0 aliphatic carbocycles. The van der Waals surface area contributed by atoms with Gasteiger partial charge < -0.3 is 10.5 Å². The Hall–Kier alpha value is -0.850. The van der Waals surface area contributed by atoms with Crippen LogP contribution in [0.2, 0.25) is 0 Å². The van der Waals surface area contributed by atoms with Crippen molar-refractivity contribution in [3.05, 3.63) is 10.9 Å². The van der Waals surface area contributed by atoms with Crippen molar-refractivity contribution in [1.29, 1.82) is 0 Å². The molecule has 0 aliphatic heterocycles. The molecule has 0 aromatic carbocycles. The zero-order valence-electron chi connectivity index (χ0n) is 9.19. The van der Waals surface area contributed by atoms with Gasteiger partial charge in [-0.25, -0.2) is 9.97 Å². The molecule has 0 unspecified atom stereocenters. The SMILES string of the molecule is COCCSc1nc(N)nc2sc(C)cc12. The molecule has 0 amide bonds. The van der Waals surface area contributed by atoms with E-state index >= 15 is 0 Å². The van der Waals surface area contributed by atoms with E-state index < -0.39 is 0 Å². The molecular weight excluding hydrogens is 242 g/mol. The second-order valence-electron chi connectivity index (χ2n) is 3.30. The van der Waals surface area contributed by atoms with Crippen LogP contribution in [0.5, 0.6) is 0 Å². The fourth-order valence-electron chi connectivity index (χ4n) is 1.36. The zero-order valence-corrected chi connectivity index (χ0v) is 10.8. The highest BCUT2D eigenvalue weighted by Crippen LogP contribution is 2.31. The molecule has 4 nitrogen and oxygen atoms in total. The molecule has 0 saturated carbocycles. The number of aryl methyl sites for hydroxylation is 1. The first-order valence-electron chi connectivity index (χ1n) is 4.86. The van der Waals surface area contributed by atoms with Gasteiger partial charge in [0.1, 0.15) is 9.86 Å². The van der Waals surface area contributed by atoms with Gasteiger partial charge in [-0.05, 0) is 13.0 Å². The number of thioether (sulfide) groups is 1. The van der Waals surface area contributed by atoms with E-state index in [0.717, 1.165) is 21.0 Å². The van der Waals surface area contributed by atoms with Gasteiger partial charge in [-0.1, -0.05) is 0 Å². The van der Waals surface area contributed by atoms with Crippen molar-refractivity contribution in [3.63, 3.8) is 0 Å². The van der Waals surface area contributed by atoms with Crippen molar-refractivity contribution < 1.29 is 4.74 Å². The summed E-state index contributed by atoms with van der Waals surface area (Å²) in [4.78, 5) is 10.7. The third kappa shape index (κ3) is 2.45. The average Bonchev–Trinajstić information content (AvgIpc) is 2.58. The highest BCUT2D eigenvalue weighted by atomic mass is 32.2. The molecule has 6 heteroatoms. The Bertz CT molecular complexity index is 498. The van der Waals surface area contributed by atoms with Gasteiger partial charge in [0, 0.05) is 23.1 Å². The second-order valence-corrected chi connectivity index (χ2v) is 5.62. The predicted molar refractivity (Wildman–Crippen MR) is 69.2 cm³/mol. The maximum Gasteiger partial charge on any atom is 0.222 e. The summed E-state index contributed by atoms with van der Waals surface area (Å²) < 4.78 is 5.02. The molecule has 16 heavy (non-hydrogen) atoms. The number of hydrogen-bond acceptors (Lipinski definition) is 6. The number of rotatable bonds is 4. The van der Waals surface area contributed by atoms with Crippen molar-refractivity contribution in [2.24, 2.45) is 0 Å². The number of thiophene rings is 1. The van der Waals surface area contributed by atoms with Gasteiger partial charge in [-0.2, -0.15) is 0 Å². The minimum atomic E-state index is 0.342. The lowest BCUT2D eigenvalue weighted by molar-refractivity contribution is 0.218. The van der Waals surface area contributed by atoms with Crippen molar-refractivity contribution in [2.75, 3.05) is 25.2 Å². The number of methoxy groups -OCH3 is 1. The fraction of sp³-hybridized carbons (Fsp3) is 0.400. The topological polar surface area (TPSA) is 61.0 Å². The molecule has 2 aromatic rings. The van der Waals surface area contributed by atoms with Gasteiger partial charge >= 0.3 is 0 Å². The van der Waals surface area contributed by atoms with Gasteiger partial charge in [-0.3, -0.25) is 0 Å². The standard InChI is InChI=1S/C10H13N3OS2/c1-6-5-7-8(15-4-3-14-2)12-10(11)13-9(7)16-6/h5H,3-4H2,1-2H3,(H2,11,12,13). The maximum atomic E-state index is 5.68. The van der Waals surface area contributed by atoms with E-state index in [4.69, 9.17) is 10.5 Å². The lowest BCUT2D eigenvalue weighted by Gasteiger charge is -2.02. The van der Waals surface area contributed by atoms with E-state index in [1.165, 1.54) is 4.88 Å². The summed E-state index contributed by atoms with van der Waals surface area (Å²) in [6.45, 7) is 2.77. The number of hydrogen-bond donors (Lipinski definition) is 1. The van der Waals surface area contributed by atoms with Crippen LogP contribution in [0.4, 0.5) is 5.95 Å². The number of ether oxygens (including phenoxy) is 1. The van der Waals surface area contributed by atoms with Crippen molar-refractivity contribution in [1.82, 2.24) is 9.97 Å². The van der Waals surface area contributed by atoms with Gasteiger partial charge in [0.05, 0.1) is 6.61 Å². The van der Waals surface area contributed by atoms with E-state index in [1.54, 1.807) is 30.2 Å². The number of fused-ring (bicyclic) bond motifs is 1. The number of aromatic nitrogens is 2. The molecule has 0 saturated heterocycles. The summed E-state index contributed by atoms with van der Waals surface area (Å²) in [5, 5.41) is 2.04. The summed E-state index contributed by atoms with van der Waals surface area (Å²) in [6, 6.07) is 2.11. The highest BCUT2D eigenvalue weighted by Gasteiger charge is 2.09. The fourth-order valence-corrected chi connectivity index (χ4v) is 3.23. The first-order chi connectivity index (χ1) is 7.70. The molecule has 2 N–H and O–H groups in total. The van der Waals surface area contributed by atoms with Gasteiger partial charge in [0.2, 0.25) is 5.95 Å². The van der Waals surface area contributed by atoms with Crippen LogP contribution >= 0.6 is 23.1 Å². The van der Waals surface area contributed by atoms with Crippen LogP contribution < -0.4 is 5.73 Å². The minimum absolute atomic E-state index is 0.342. The monoisotopic (exact) mass is 255 g/mol. The minimum Gasteiger partial charge on any atom is -0.384 e. The summed E-state index contributed by atoms with van der Waals surface area (Å²) in [6.07, 6.45) is 0. The average molecular weight is 255 g/mol. The third-order valence-electron chi connectivity index (χ3n) is 2.02. The van der Waals surface area contributed by atoms with E-state index in [9.17, 15) is 0 Å². The number of nitrogen functional groups attached to an aromatic ring is 1. The number of nitrogens with zero attached hydrogens (tertiary/aromatic N) is 2. The molecule has 86 valence electrons. The lowest BCUT2D eigenvalue weighted by atomic mass is 10.4. The first-order valence-corrected chi connectivity index (χ1v) is 6.66. The Morgan fingerprint density at radius 3 is 3.06 bits per heavy atom. The highest BCUT2D eigenvalue weighted by molar-refractivity contribution is 7.99. The molecule has 0 bridgehead atoms. The Morgan fingerprint density at radius 1 is 1.50 bits per heavy atom. The zero-order chi connectivity index (χ0) is 11.5. The van der Waals surface area contributed by atoms with Crippen LogP contribution in [-0.4, -0.2) is 29.4 Å². The Morgan fingerprint density at radius 2 is 2.31 bits per heavy atom. The van der Waals surface area contributed by atoms with E-state index in [1.807, 2.05) is 0 Å². The normalized spacial score (nSPS) is 11.1. The van der Waals surface area contributed by atoms with Crippen molar-refractivity contribution in [3.8, 4) is 0 Å². The largest absolute Gasteiger partial charge is 0.384 e. The predicted octanol–water partition coefficient (Wildman–Crippen LogP) is 2.32. The molecule has 2 rings (SSSR count). The second kappa shape index (κ2) is 4.99. The van der Waals surface area contributed by atoms with Crippen LogP contribution in [0.3, 0.4) is 0 Å². The van der Waals surface area contributed by atoms with Crippen LogP contribution in [0, 0.1) is 6.92 Å². The van der Waals surface area contributed by atoms with Crippen LogP contribution in [-0.2, 0) is 4.74 Å². The number of nitrogens with two attached hydrogens (primary N) is 1. The molecule has 0 atom stereocenters. The maximum absolute atomic E-state index is 5.68. The molecular formula is C10H13N3OS2. The van der Waals surface area contributed by atoms with Crippen LogP contribution in [0.25, 0.3) is 10.2 Å². The molecule has 0 aliphatic rings. The molecule has 2 heterocycles. The van der Waals surface area contributed by atoms with Gasteiger partial charge in [0.25, 0.3) is 0 Å². The van der Waals surface area contributed by atoms with Crippen LogP contribution in [0.1, 0.15) is 4.88 Å². The van der Waals surface area contributed by atoms with Crippen molar-refractivity contribution in [2.45, 2.75) is 11.9 Å². The molecule has 0 radical (unpaired) electrons. The Labute approximate surface area is 102 Å². The van der Waals surface area contributed by atoms with Gasteiger partial charge in [-0.15, -0.1) is 23.1 Å². The molecule has 0 fully saturated rings. The van der Waals surface area contributed by atoms with Gasteiger partial charge in [0.15, 0.2) is 0 Å². The summed E-state index contributed by atoms with van der Waals surface area (Å²) in [7, 11) is 1.69. The Kier molecular flexibility index (Phi) is 3.63. The van der Waals surface area contributed by atoms with Crippen LogP contribution in [0.15, 0.2) is 11.1 Å². The van der Waals surface area contributed by atoms with E-state index in [0.29, 0.717) is 12.6 Å². The lowest BCUT2D eigenvalue weighted by Crippen LogP contribution is -1.97. The third-order valence-corrected chi connectivity index (χ3v) is 3.92.